The van der Waals surface area contributed by atoms with Gasteiger partial charge in [0.25, 0.3) is 5.91 Å². The molecule has 3 N–H and O–H groups in total. The molecule has 0 bridgehead atoms. The number of hydrogen-bond acceptors (Lipinski definition) is 4. The second kappa shape index (κ2) is 7.11. The fourth-order valence-electron chi connectivity index (χ4n) is 1.81. The molecule has 1 aromatic carbocycles. The summed E-state index contributed by atoms with van der Waals surface area (Å²) in [6.45, 7) is 4.65. The number of nitrogens with one attached hydrogen (secondary N) is 1. The Bertz CT molecular complexity index is 447. The van der Waals surface area contributed by atoms with Crippen LogP contribution in [0.4, 0.5) is 5.69 Å². The number of methoxy groups -OCH3 is 2. The van der Waals surface area contributed by atoms with Gasteiger partial charge >= 0.3 is 0 Å². The van der Waals surface area contributed by atoms with Crippen LogP contribution in [0.5, 0.6) is 0 Å². The second-order valence-corrected chi connectivity index (χ2v) is 4.55. The molecule has 106 valence electrons. The Labute approximate surface area is 114 Å². The SMILES string of the molecule is COCC(CNC(=O)c1cc(N)c(C)cc1C)OC. The summed E-state index contributed by atoms with van der Waals surface area (Å²) in [4.78, 5) is 12.1. The molecule has 1 atom stereocenters. The highest BCUT2D eigenvalue weighted by molar-refractivity contribution is 5.96. The molecule has 0 spiro atoms. The number of carbonyl (C=O) groups excluding carboxylic acids is 1. The number of amides is 1. The topological polar surface area (TPSA) is 73.6 Å². The van der Waals surface area contributed by atoms with Crippen LogP contribution in [-0.4, -0.2) is 39.4 Å². The molecule has 0 aliphatic heterocycles. The number of carbonyl (C=O) groups is 1. The van der Waals surface area contributed by atoms with E-state index in [-0.39, 0.29) is 12.0 Å². The van der Waals surface area contributed by atoms with Gasteiger partial charge < -0.3 is 20.5 Å². The van der Waals surface area contributed by atoms with Gasteiger partial charge in [-0.1, -0.05) is 6.07 Å². The van der Waals surface area contributed by atoms with E-state index in [1.54, 1.807) is 20.3 Å². The predicted octanol–water partition coefficient (Wildman–Crippen LogP) is 1.28. The fourth-order valence-corrected chi connectivity index (χ4v) is 1.81. The summed E-state index contributed by atoms with van der Waals surface area (Å²) in [5.74, 6) is -0.151. The lowest BCUT2D eigenvalue weighted by molar-refractivity contribution is 0.0285. The highest BCUT2D eigenvalue weighted by Crippen LogP contribution is 2.17. The van der Waals surface area contributed by atoms with Crippen molar-refractivity contribution in [3.8, 4) is 0 Å². The molecule has 1 amide bonds. The van der Waals surface area contributed by atoms with Crippen molar-refractivity contribution in [2.75, 3.05) is 33.1 Å². The van der Waals surface area contributed by atoms with Crippen LogP contribution in [0.2, 0.25) is 0 Å². The number of aryl methyl sites for hydroxylation is 2. The molecule has 1 aromatic rings. The number of anilines is 1. The zero-order valence-electron chi connectivity index (χ0n) is 11.9. The summed E-state index contributed by atoms with van der Waals surface area (Å²) in [6, 6.07) is 3.62. The third kappa shape index (κ3) is 4.22. The van der Waals surface area contributed by atoms with E-state index in [0.717, 1.165) is 11.1 Å². The summed E-state index contributed by atoms with van der Waals surface area (Å²) >= 11 is 0. The first-order chi connectivity index (χ1) is 8.99. The molecule has 19 heavy (non-hydrogen) atoms. The summed E-state index contributed by atoms with van der Waals surface area (Å²) in [5.41, 5.74) is 8.93. The third-order valence-corrected chi connectivity index (χ3v) is 3.03. The van der Waals surface area contributed by atoms with Crippen molar-refractivity contribution in [1.82, 2.24) is 5.32 Å². The normalized spacial score (nSPS) is 12.2. The molecule has 1 unspecified atom stereocenters. The molecule has 0 heterocycles. The maximum Gasteiger partial charge on any atom is 0.251 e. The third-order valence-electron chi connectivity index (χ3n) is 3.03. The Morgan fingerprint density at radius 1 is 1.32 bits per heavy atom. The monoisotopic (exact) mass is 266 g/mol. The Morgan fingerprint density at radius 2 is 2.00 bits per heavy atom. The number of rotatable bonds is 6. The molecule has 0 aromatic heterocycles. The lowest BCUT2D eigenvalue weighted by atomic mass is 10.0. The van der Waals surface area contributed by atoms with E-state index in [4.69, 9.17) is 15.2 Å². The number of benzene rings is 1. The minimum Gasteiger partial charge on any atom is -0.398 e. The Balaban J connectivity index is 2.70. The predicted molar refractivity (Wildman–Crippen MR) is 75.3 cm³/mol. The lowest BCUT2D eigenvalue weighted by Gasteiger charge is -2.16. The van der Waals surface area contributed by atoms with Crippen LogP contribution in [0.25, 0.3) is 0 Å². The number of ether oxygens (including phenoxy) is 2. The number of nitrogens with two attached hydrogens (primary N) is 1. The van der Waals surface area contributed by atoms with Gasteiger partial charge in [0, 0.05) is 32.0 Å². The van der Waals surface area contributed by atoms with E-state index in [0.29, 0.717) is 24.4 Å². The van der Waals surface area contributed by atoms with Crippen molar-refractivity contribution in [2.45, 2.75) is 20.0 Å². The molecule has 0 aliphatic rings. The molecule has 0 fully saturated rings. The zero-order valence-corrected chi connectivity index (χ0v) is 11.9. The first-order valence-corrected chi connectivity index (χ1v) is 6.16. The summed E-state index contributed by atoms with van der Waals surface area (Å²) in [7, 11) is 3.18. The second-order valence-electron chi connectivity index (χ2n) is 4.55. The van der Waals surface area contributed by atoms with Gasteiger partial charge in [-0.2, -0.15) is 0 Å². The van der Waals surface area contributed by atoms with Gasteiger partial charge in [0.1, 0.15) is 0 Å². The van der Waals surface area contributed by atoms with Crippen LogP contribution in [0.15, 0.2) is 12.1 Å². The maximum absolute atomic E-state index is 12.1. The van der Waals surface area contributed by atoms with Gasteiger partial charge in [-0.3, -0.25) is 4.79 Å². The molecule has 5 nitrogen and oxygen atoms in total. The van der Waals surface area contributed by atoms with Crippen LogP contribution < -0.4 is 11.1 Å². The van der Waals surface area contributed by atoms with E-state index in [2.05, 4.69) is 5.32 Å². The average Bonchev–Trinajstić information content (AvgIpc) is 2.38. The van der Waals surface area contributed by atoms with Gasteiger partial charge in [-0.15, -0.1) is 0 Å². The molecule has 0 aliphatic carbocycles. The minimum atomic E-state index is -0.156. The van der Waals surface area contributed by atoms with Crippen molar-refractivity contribution in [2.24, 2.45) is 0 Å². The molecule has 5 heteroatoms. The van der Waals surface area contributed by atoms with Crippen LogP contribution in [0.3, 0.4) is 0 Å². The standard InChI is InChI=1S/C14H22N2O3/c1-9-5-10(2)13(15)6-12(9)14(17)16-7-11(19-4)8-18-3/h5-6,11H,7-8,15H2,1-4H3,(H,16,17). The van der Waals surface area contributed by atoms with Crippen LogP contribution in [0, 0.1) is 13.8 Å². The fraction of sp³-hybridized carbons (Fsp3) is 0.500. The van der Waals surface area contributed by atoms with Gasteiger partial charge in [0.05, 0.1) is 12.7 Å². The largest absolute Gasteiger partial charge is 0.398 e. The molecule has 0 radical (unpaired) electrons. The molecule has 0 saturated heterocycles. The van der Waals surface area contributed by atoms with Crippen LogP contribution in [0.1, 0.15) is 21.5 Å². The molecular weight excluding hydrogens is 244 g/mol. The maximum atomic E-state index is 12.1. The number of nitrogen functional groups attached to an aromatic ring is 1. The Hall–Kier alpha value is -1.59. The van der Waals surface area contributed by atoms with E-state index >= 15 is 0 Å². The molecule has 0 saturated carbocycles. The van der Waals surface area contributed by atoms with E-state index in [1.807, 2.05) is 19.9 Å². The van der Waals surface area contributed by atoms with Crippen molar-refractivity contribution < 1.29 is 14.3 Å². The van der Waals surface area contributed by atoms with E-state index in [9.17, 15) is 4.79 Å². The summed E-state index contributed by atoms with van der Waals surface area (Å²) < 4.78 is 10.2. The highest BCUT2D eigenvalue weighted by Gasteiger charge is 2.13. The molecular formula is C14H22N2O3. The van der Waals surface area contributed by atoms with E-state index in [1.165, 1.54) is 0 Å². The van der Waals surface area contributed by atoms with Crippen molar-refractivity contribution in [1.29, 1.82) is 0 Å². The Kier molecular flexibility index (Phi) is 5.79. The van der Waals surface area contributed by atoms with Crippen molar-refractivity contribution in [3.63, 3.8) is 0 Å². The molecule has 1 rings (SSSR count). The minimum absolute atomic E-state index is 0.151. The first kappa shape index (κ1) is 15.5. The summed E-state index contributed by atoms with van der Waals surface area (Å²) in [6.07, 6.45) is -0.156. The summed E-state index contributed by atoms with van der Waals surface area (Å²) in [5, 5.41) is 2.82. The average molecular weight is 266 g/mol. The lowest BCUT2D eigenvalue weighted by Crippen LogP contribution is -2.35. The van der Waals surface area contributed by atoms with E-state index < -0.39 is 0 Å². The van der Waals surface area contributed by atoms with Crippen molar-refractivity contribution in [3.05, 3.63) is 28.8 Å². The smallest absolute Gasteiger partial charge is 0.251 e. The van der Waals surface area contributed by atoms with Gasteiger partial charge in [0.15, 0.2) is 0 Å². The van der Waals surface area contributed by atoms with Gasteiger partial charge in [-0.05, 0) is 31.0 Å². The van der Waals surface area contributed by atoms with Gasteiger partial charge in [-0.25, -0.2) is 0 Å². The Morgan fingerprint density at radius 3 is 2.58 bits per heavy atom. The quantitative estimate of drug-likeness (QED) is 0.761. The number of hydrogen-bond donors (Lipinski definition) is 2. The first-order valence-electron chi connectivity index (χ1n) is 6.16. The van der Waals surface area contributed by atoms with Gasteiger partial charge in [0.2, 0.25) is 0 Å². The zero-order chi connectivity index (χ0) is 14.4. The van der Waals surface area contributed by atoms with Crippen LogP contribution in [-0.2, 0) is 9.47 Å². The highest BCUT2D eigenvalue weighted by atomic mass is 16.5. The van der Waals surface area contributed by atoms with Crippen molar-refractivity contribution >= 4 is 11.6 Å². The van der Waals surface area contributed by atoms with Crippen LogP contribution >= 0.6 is 0 Å².